The molecule has 5 nitrogen and oxygen atoms in total. The van der Waals surface area contributed by atoms with Crippen LogP contribution in [0, 0.1) is 0 Å². The molecule has 122 valence electrons. The zero-order valence-corrected chi connectivity index (χ0v) is 13.6. The summed E-state index contributed by atoms with van der Waals surface area (Å²) in [6.45, 7) is 2.98. The molecule has 1 aromatic rings. The summed E-state index contributed by atoms with van der Waals surface area (Å²) in [7, 11) is 3.14. The van der Waals surface area contributed by atoms with Crippen molar-refractivity contribution in [1.29, 1.82) is 0 Å². The second-order valence-electron chi connectivity index (χ2n) is 5.43. The molecule has 1 aromatic carbocycles. The van der Waals surface area contributed by atoms with E-state index in [9.17, 15) is 4.79 Å². The van der Waals surface area contributed by atoms with Crippen molar-refractivity contribution in [2.75, 3.05) is 27.4 Å². The second kappa shape index (κ2) is 7.92. The standard InChI is InChI=1S/C17H25NO4/c1-4-13-8-5-6-11-18(13)16(19)12-22-15-10-7-9-14(20-2)17(15)21-3/h7,9-10,13H,4-6,8,11-12H2,1-3H3. The maximum Gasteiger partial charge on any atom is 0.260 e. The predicted molar refractivity (Wildman–Crippen MR) is 84.7 cm³/mol. The van der Waals surface area contributed by atoms with Gasteiger partial charge in [-0.3, -0.25) is 4.79 Å². The van der Waals surface area contributed by atoms with E-state index in [0.29, 0.717) is 23.3 Å². The fourth-order valence-electron chi connectivity index (χ4n) is 2.95. The molecular weight excluding hydrogens is 282 g/mol. The summed E-state index contributed by atoms with van der Waals surface area (Å²) in [6, 6.07) is 5.74. The van der Waals surface area contributed by atoms with Crippen molar-refractivity contribution in [2.24, 2.45) is 0 Å². The van der Waals surface area contributed by atoms with Crippen LogP contribution in [-0.4, -0.2) is 44.2 Å². The van der Waals surface area contributed by atoms with E-state index in [4.69, 9.17) is 14.2 Å². The Balaban J connectivity index is 2.01. The van der Waals surface area contributed by atoms with Crippen LogP contribution in [0.15, 0.2) is 18.2 Å². The Morgan fingerprint density at radius 1 is 1.23 bits per heavy atom. The Labute approximate surface area is 132 Å². The quantitative estimate of drug-likeness (QED) is 0.811. The highest BCUT2D eigenvalue weighted by Crippen LogP contribution is 2.36. The number of benzene rings is 1. The lowest BCUT2D eigenvalue weighted by molar-refractivity contribution is -0.137. The summed E-state index contributed by atoms with van der Waals surface area (Å²) in [5.74, 6) is 1.68. The van der Waals surface area contributed by atoms with E-state index in [-0.39, 0.29) is 12.5 Å². The molecule has 22 heavy (non-hydrogen) atoms. The van der Waals surface area contributed by atoms with Crippen molar-refractivity contribution >= 4 is 5.91 Å². The van der Waals surface area contributed by atoms with Gasteiger partial charge in [0.25, 0.3) is 5.91 Å². The number of likely N-dealkylation sites (tertiary alicyclic amines) is 1. The lowest BCUT2D eigenvalue weighted by Crippen LogP contribution is -2.45. The topological polar surface area (TPSA) is 48.0 Å². The van der Waals surface area contributed by atoms with E-state index in [2.05, 4.69) is 6.92 Å². The van der Waals surface area contributed by atoms with Gasteiger partial charge in [0.2, 0.25) is 5.75 Å². The third-order valence-corrected chi connectivity index (χ3v) is 4.14. The fourth-order valence-corrected chi connectivity index (χ4v) is 2.95. The monoisotopic (exact) mass is 307 g/mol. The van der Waals surface area contributed by atoms with Crippen LogP contribution in [0.1, 0.15) is 32.6 Å². The number of hydrogen-bond acceptors (Lipinski definition) is 4. The summed E-state index contributed by atoms with van der Waals surface area (Å²) in [4.78, 5) is 14.4. The molecule has 0 radical (unpaired) electrons. The molecule has 1 unspecified atom stereocenters. The van der Waals surface area contributed by atoms with Gasteiger partial charge in [0.05, 0.1) is 14.2 Å². The summed E-state index contributed by atoms with van der Waals surface area (Å²) >= 11 is 0. The highest BCUT2D eigenvalue weighted by Gasteiger charge is 2.25. The highest BCUT2D eigenvalue weighted by atomic mass is 16.5. The number of methoxy groups -OCH3 is 2. The Morgan fingerprint density at radius 2 is 2.00 bits per heavy atom. The molecule has 0 bridgehead atoms. The van der Waals surface area contributed by atoms with Gasteiger partial charge in [-0.05, 0) is 37.8 Å². The first-order valence-corrected chi connectivity index (χ1v) is 7.84. The van der Waals surface area contributed by atoms with Crippen molar-refractivity contribution in [3.8, 4) is 17.2 Å². The molecule has 5 heteroatoms. The first kappa shape index (κ1) is 16.5. The van der Waals surface area contributed by atoms with Crippen LogP contribution in [0.3, 0.4) is 0 Å². The third-order valence-electron chi connectivity index (χ3n) is 4.14. The van der Waals surface area contributed by atoms with Gasteiger partial charge < -0.3 is 19.1 Å². The Hall–Kier alpha value is -1.91. The lowest BCUT2D eigenvalue weighted by atomic mass is 10.00. The fraction of sp³-hybridized carbons (Fsp3) is 0.588. The molecule has 0 saturated carbocycles. The number of piperidine rings is 1. The smallest absolute Gasteiger partial charge is 0.260 e. The molecule has 1 fully saturated rings. The van der Waals surface area contributed by atoms with Gasteiger partial charge >= 0.3 is 0 Å². The minimum absolute atomic E-state index is 0.0278. The van der Waals surface area contributed by atoms with Gasteiger partial charge in [-0.1, -0.05) is 13.0 Å². The van der Waals surface area contributed by atoms with Gasteiger partial charge in [0.15, 0.2) is 18.1 Å². The third kappa shape index (κ3) is 3.64. The Bertz CT molecular complexity index is 503. The number of carbonyl (C=O) groups is 1. The minimum Gasteiger partial charge on any atom is -0.493 e. The molecule has 1 atom stereocenters. The van der Waals surface area contributed by atoms with Crippen LogP contribution >= 0.6 is 0 Å². The molecule has 0 spiro atoms. The van der Waals surface area contributed by atoms with E-state index in [1.807, 2.05) is 11.0 Å². The number of para-hydroxylation sites is 1. The van der Waals surface area contributed by atoms with Crippen molar-refractivity contribution in [1.82, 2.24) is 4.90 Å². The highest BCUT2D eigenvalue weighted by molar-refractivity contribution is 5.78. The maximum absolute atomic E-state index is 12.4. The number of hydrogen-bond donors (Lipinski definition) is 0. The van der Waals surface area contributed by atoms with Crippen LogP contribution in [0.2, 0.25) is 0 Å². The molecule has 1 aliphatic heterocycles. The number of rotatable bonds is 6. The van der Waals surface area contributed by atoms with Crippen LogP contribution in [0.25, 0.3) is 0 Å². The van der Waals surface area contributed by atoms with Gasteiger partial charge in [-0.15, -0.1) is 0 Å². The van der Waals surface area contributed by atoms with Crippen LogP contribution < -0.4 is 14.2 Å². The van der Waals surface area contributed by atoms with Gasteiger partial charge in [0, 0.05) is 12.6 Å². The van der Waals surface area contributed by atoms with Crippen molar-refractivity contribution in [3.63, 3.8) is 0 Å². The molecule has 2 rings (SSSR count). The minimum atomic E-state index is 0.0278. The molecular formula is C17H25NO4. The van der Waals surface area contributed by atoms with Gasteiger partial charge in [-0.25, -0.2) is 0 Å². The number of ether oxygens (including phenoxy) is 3. The van der Waals surface area contributed by atoms with E-state index >= 15 is 0 Å². The number of nitrogens with zero attached hydrogens (tertiary/aromatic N) is 1. The number of carbonyl (C=O) groups excluding carboxylic acids is 1. The molecule has 0 N–H and O–H groups in total. The Kier molecular flexibility index (Phi) is 5.92. The first-order chi connectivity index (χ1) is 10.7. The average molecular weight is 307 g/mol. The molecule has 1 aliphatic rings. The lowest BCUT2D eigenvalue weighted by Gasteiger charge is -2.35. The van der Waals surface area contributed by atoms with Crippen LogP contribution in [0.4, 0.5) is 0 Å². The first-order valence-electron chi connectivity index (χ1n) is 7.84. The van der Waals surface area contributed by atoms with Crippen molar-refractivity contribution in [2.45, 2.75) is 38.6 Å². The molecule has 0 aliphatic carbocycles. The predicted octanol–water partition coefficient (Wildman–Crippen LogP) is 2.87. The van der Waals surface area contributed by atoms with Crippen LogP contribution in [0.5, 0.6) is 17.2 Å². The number of amides is 1. The summed E-state index contributed by atoms with van der Waals surface area (Å²) in [5.41, 5.74) is 0. The van der Waals surface area contributed by atoms with E-state index in [1.54, 1.807) is 26.4 Å². The molecule has 1 amide bonds. The normalized spacial score (nSPS) is 18.0. The van der Waals surface area contributed by atoms with Crippen molar-refractivity contribution < 1.29 is 19.0 Å². The summed E-state index contributed by atoms with van der Waals surface area (Å²) in [6.07, 6.45) is 4.36. The Morgan fingerprint density at radius 3 is 2.68 bits per heavy atom. The molecule has 1 heterocycles. The van der Waals surface area contributed by atoms with E-state index < -0.39 is 0 Å². The summed E-state index contributed by atoms with van der Waals surface area (Å²) < 4.78 is 16.2. The zero-order chi connectivity index (χ0) is 15.9. The largest absolute Gasteiger partial charge is 0.493 e. The van der Waals surface area contributed by atoms with Gasteiger partial charge in [-0.2, -0.15) is 0 Å². The second-order valence-corrected chi connectivity index (χ2v) is 5.43. The molecule has 0 aromatic heterocycles. The summed E-state index contributed by atoms with van der Waals surface area (Å²) in [5, 5.41) is 0. The zero-order valence-electron chi connectivity index (χ0n) is 13.6. The van der Waals surface area contributed by atoms with E-state index in [0.717, 1.165) is 25.8 Å². The maximum atomic E-state index is 12.4. The molecule has 1 saturated heterocycles. The van der Waals surface area contributed by atoms with Crippen molar-refractivity contribution in [3.05, 3.63) is 18.2 Å². The SMILES string of the molecule is CCC1CCCCN1C(=O)COc1cccc(OC)c1OC. The van der Waals surface area contributed by atoms with E-state index in [1.165, 1.54) is 6.42 Å². The van der Waals surface area contributed by atoms with Crippen LogP contribution in [-0.2, 0) is 4.79 Å². The average Bonchev–Trinajstić information content (AvgIpc) is 2.58. The van der Waals surface area contributed by atoms with Gasteiger partial charge in [0.1, 0.15) is 0 Å².